The number of carbonyl (C=O) groups is 3. The second-order valence-corrected chi connectivity index (χ2v) is 4.36. The number of hydrazone groups is 1. The number of amides is 1. The molecular formula is C11H18N2O5. The standard InChI is InChI=1S/C11H18N2O5/c1-6-17-9(15)8(14)7(2)12-13-10(16)18-11(3,4)5/h6H2,1-5H3,(H,13,16)/b12-7+. The minimum absolute atomic E-state index is 0.0946. The molecule has 0 aromatic rings. The molecule has 0 aliphatic heterocycles. The third kappa shape index (κ3) is 6.62. The van der Waals surface area contributed by atoms with E-state index in [4.69, 9.17) is 4.74 Å². The Morgan fingerprint density at radius 2 is 1.78 bits per heavy atom. The molecule has 7 heteroatoms. The predicted octanol–water partition coefficient (Wildman–Crippen LogP) is 1.02. The number of ketones is 1. The number of esters is 1. The number of ether oxygens (including phenoxy) is 2. The minimum atomic E-state index is -1.01. The molecule has 7 nitrogen and oxygen atoms in total. The molecule has 0 saturated heterocycles. The summed E-state index contributed by atoms with van der Waals surface area (Å²) >= 11 is 0. The van der Waals surface area contributed by atoms with Crippen LogP contribution in [0.1, 0.15) is 34.6 Å². The first-order valence-electron chi connectivity index (χ1n) is 5.42. The van der Waals surface area contributed by atoms with Crippen molar-refractivity contribution in [2.75, 3.05) is 6.61 Å². The highest BCUT2D eigenvalue weighted by atomic mass is 16.6. The molecule has 0 aliphatic carbocycles. The fourth-order valence-corrected chi connectivity index (χ4v) is 0.826. The summed E-state index contributed by atoms with van der Waals surface area (Å²) in [7, 11) is 0. The highest BCUT2D eigenvalue weighted by Gasteiger charge is 2.20. The van der Waals surface area contributed by atoms with Gasteiger partial charge in [0.15, 0.2) is 0 Å². The molecule has 0 rings (SSSR count). The van der Waals surface area contributed by atoms with Crippen LogP contribution in [0.25, 0.3) is 0 Å². The molecule has 0 radical (unpaired) electrons. The van der Waals surface area contributed by atoms with E-state index in [1.807, 2.05) is 5.43 Å². The maximum Gasteiger partial charge on any atom is 0.428 e. The molecule has 0 unspecified atom stereocenters. The average Bonchev–Trinajstić information content (AvgIpc) is 2.22. The maximum absolute atomic E-state index is 11.3. The Bertz CT molecular complexity index is 368. The van der Waals surface area contributed by atoms with Crippen molar-refractivity contribution in [2.45, 2.75) is 40.2 Å². The van der Waals surface area contributed by atoms with Gasteiger partial charge in [-0.05, 0) is 34.6 Å². The Morgan fingerprint density at radius 1 is 1.22 bits per heavy atom. The van der Waals surface area contributed by atoms with Gasteiger partial charge in [0.2, 0.25) is 0 Å². The van der Waals surface area contributed by atoms with Gasteiger partial charge in [0, 0.05) is 0 Å². The topological polar surface area (TPSA) is 94.1 Å². The summed E-state index contributed by atoms with van der Waals surface area (Å²) in [5.74, 6) is -1.92. The first kappa shape index (κ1) is 16.1. The molecule has 0 bridgehead atoms. The van der Waals surface area contributed by atoms with Gasteiger partial charge < -0.3 is 9.47 Å². The molecule has 1 N–H and O–H groups in total. The quantitative estimate of drug-likeness (QED) is 0.351. The summed E-state index contributed by atoms with van der Waals surface area (Å²) in [6.45, 7) is 8.03. The molecule has 0 spiro atoms. The minimum Gasteiger partial charge on any atom is -0.460 e. The number of hydrogen-bond donors (Lipinski definition) is 1. The van der Waals surface area contributed by atoms with Gasteiger partial charge in [-0.1, -0.05) is 0 Å². The molecule has 102 valence electrons. The molecule has 0 aromatic heterocycles. The van der Waals surface area contributed by atoms with E-state index in [0.717, 1.165) is 0 Å². The largest absolute Gasteiger partial charge is 0.460 e. The van der Waals surface area contributed by atoms with Gasteiger partial charge in [-0.2, -0.15) is 5.10 Å². The number of carbonyl (C=O) groups excluding carboxylic acids is 3. The highest BCUT2D eigenvalue weighted by Crippen LogP contribution is 2.06. The van der Waals surface area contributed by atoms with Crippen molar-refractivity contribution in [1.82, 2.24) is 5.43 Å². The number of nitrogens with one attached hydrogen (secondary N) is 1. The van der Waals surface area contributed by atoms with Crippen molar-refractivity contribution in [1.29, 1.82) is 0 Å². The van der Waals surface area contributed by atoms with Crippen molar-refractivity contribution in [3.63, 3.8) is 0 Å². The van der Waals surface area contributed by atoms with E-state index < -0.39 is 23.4 Å². The molecule has 0 saturated carbocycles. The van der Waals surface area contributed by atoms with Crippen LogP contribution in [0.4, 0.5) is 4.79 Å². The molecule has 0 aliphatic rings. The van der Waals surface area contributed by atoms with Gasteiger partial charge in [-0.25, -0.2) is 15.0 Å². The van der Waals surface area contributed by atoms with Crippen molar-refractivity contribution < 1.29 is 23.9 Å². The molecule has 0 atom stereocenters. The monoisotopic (exact) mass is 258 g/mol. The first-order valence-corrected chi connectivity index (χ1v) is 5.42. The Kier molecular flexibility index (Phi) is 6.01. The van der Waals surface area contributed by atoms with Crippen LogP contribution in [-0.4, -0.2) is 35.8 Å². The second-order valence-electron chi connectivity index (χ2n) is 4.36. The Balaban J connectivity index is 4.39. The zero-order valence-corrected chi connectivity index (χ0v) is 11.2. The lowest BCUT2D eigenvalue weighted by atomic mass is 10.2. The van der Waals surface area contributed by atoms with Crippen molar-refractivity contribution >= 4 is 23.6 Å². The lowest BCUT2D eigenvalue weighted by Gasteiger charge is -2.18. The van der Waals surface area contributed by atoms with Crippen LogP contribution in [0.5, 0.6) is 0 Å². The Hall–Kier alpha value is -1.92. The number of Topliss-reactive ketones (excluding diaryl/α,β-unsaturated/α-hetero) is 1. The van der Waals surface area contributed by atoms with E-state index in [9.17, 15) is 14.4 Å². The van der Waals surface area contributed by atoms with Crippen LogP contribution in [-0.2, 0) is 19.1 Å². The van der Waals surface area contributed by atoms with E-state index in [1.54, 1.807) is 27.7 Å². The third-order valence-electron chi connectivity index (χ3n) is 1.50. The number of rotatable bonds is 4. The van der Waals surface area contributed by atoms with Crippen LogP contribution in [0.2, 0.25) is 0 Å². The van der Waals surface area contributed by atoms with Crippen LogP contribution in [0.3, 0.4) is 0 Å². The van der Waals surface area contributed by atoms with Crippen molar-refractivity contribution in [3.05, 3.63) is 0 Å². The summed E-state index contributed by atoms with van der Waals surface area (Å²) in [6.07, 6.45) is -0.807. The van der Waals surface area contributed by atoms with E-state index >= 15 is 0 Å². The van der Waals surface area contributed by atoms with Gasteiger partial charge in [0.25, 0.3) is 5.78 Å². The van der Waals surface area contributed by atoms with E-state index in [-0.39, 0.29) is 12.3 Å². The van der Waals surface area contributed by atoms with Gasteiger partial charge in [0.05, 0.1) is 6.61 Å². The second kappa shape index (κ2) is 6.73. The smallest absolute Gasteiger partial charge is 0.428 e. The zero-order valence-electron chi connectivity index (χ0n) is 11.2. The molecule has 18 heavy (non-hydrogen) atoms. The first-order chi connectivity index (χ1) is 8.17. The Morgan fingerprint density at radius 3 is 2.22 bits per heavy atom. The van der Waals surface area contributed by atoms with Gasteiger partial charge in [-0.15, -0.1) is 0 Å². The highest BCUT2D eigenvalue weighted by molar-refractivity contribution is 6.63. The zero-order chi connectivity index (χ0) is 14.3. The van der Waals surface area contributed by atoms with E-state index in [0.29, 0.717) is 0 Å². The van der Waals surface area contributed by atoms with Crippen molar-refractivity contribution in [2.24, 2.45) is 5.10 Å². The summed E-state index contributed by atoms with van der Waals surface area (Å²) in [5, 5.41) is 3.45. The van der Waals surface area contributed by atoms with Crippen molar-refractivity contribution in [3.8, 4) is 0 Å². The third-order valence-corrected chi connectivity index (χ3v) is 1.50. The summed E-state index contributed by atoms with van der Waals surface area (Å²) in [4.78, 5) is 33.6. The lowest BCUT2D eigenvalue weighted by Crippen LogP contribution is -2.32. The lowest BCUT2D eigenvalue weighted by molar-refractivity contribution is -0.150. The molecule has 0 fully saturated rings. The van der Waals surface area contributed by atoms with Gasteiger partial charge in [-0.3, -0.25) is 4.79 Å². The van der Waals surface area contributed by atoms with Crippen LogP contribution < -0.4 is 5.43 Å². The number of hydrogen-bond acceptors (Lipinski definition) is 6. The SMILES string of the molecule is CCOC(=O)C(=O)/C(C)=N/NC(=O)OC(C)(C)C. The average molecular weight is 258 g/mol. The Labute approximate surface area is 106 Å². The van der Waals surface area contributed by atoms with Gasteiger partial charge >= 0.3 is 12.1 Å². The summed E-state index contributed by atoms with van der Waals surface area (Å²) < 4.78 is 9.39. The van der Waals surface area contributed by atoms with E-state index in [1.165, 1.54) is 6.92 Å². The van der Waals surface area contributed by atoms with Crippen LogP contribution in [0, 0.1) is 0 Å². The normalized spacial score (nSPS) is 11.7. The van der Waals surface area contributed by atoms with E-state index in [2.05, 4.69) is 9.84 Å². The maximum atomic E-state index is 11.3. The molecule has 0 aromatic carbocycles. The summed E-state index contributed by atoms with van der Waals surface area (Å²) in [5.41, 5.74) is 1.17. The molecular weight excluding hydrogens is 240 g/mol. The fraction of sp³-hybridized carbons (Fsp3) is 0.636. The predicted molar refractivity (Wildman–Crippen MR) is 64.1 cm³/mol. The summed E-state index contributed by atoms with van der Waals surface area (Å²) in [6, 6.07) is 0. The fourth-order valence-electron chi connectivity index (χ4n) is 0.826. The van der Waals surface area contributed by atoms with Crippen LogP contribution >= 0.6 is 0 Å². The number of nitrogens with zero attached hydrogens (tertiary/aromatic N) is 1. The van der Waals surface area contributed by atoms with Crippen LogP contribution in [0.15, 0.2) is 5.10 Å². The van der Waals surface area contributed by atoms with Gasteiger partial charge in [0.1, 0.15) is 11.3 Å². The molecule has 1 amide bonds. The molecule has 0 heterocycles.